The molecule has 102 valence electrons. The molecule has 0 unspecified atom stereocenters. The van der Waals surface area contributed by atoms with Crippen LogP contribution in [-0.4, -0.2) is 13.2 Å². The van der Waals surface area contributed by atoms with Crippen LogP contribution in [0.2, 0.25) is 0 Å². The Morgan fingerprint density at radius 3 is 1.83 bits per heavy atom. The Morgan fingerprint density at radius 2 is 1.44 bits per heavy atom. The summed E-state index contributed by atoms with van der Waals surface area (Å²) in [5, 5.41) is 3.64. The van der Waals surface area contributed by atoms with Gasteiger partial charge in [-0.1, -0.05) is 27.7 Å². The second-order valence-electron chi connectivity index (χ2n) is 5.83. The van der Waals surface area contributed by atoms with Crippen molar-refractivity contribution >= 4 is 5.69 Å². The molecule has 0 saturated heterocycles. The fourth-order valence-electron chi connectivity index (χ4n) is 2.28. The third kappa shape index (κ3) is 5.44. The summed E-state index contributed by atoms with van der Waals surface area (Å²) in [4.78, 5) is 0. The average Bonchev–Trinajstić information content (AvgIpc) is 2.28. The molecule has 1 aromatic carbocycles. The van der Waals surface area contributed by atoms with Gasteiger partial charge < -0.3 is 10.1 Å². The number of anilines is 1. The third-order valence-corrected chi connectivity index (χ3v) is 2.97. The van der Waals surface area contributed by atoms with E-state index in [2.05, 4.69) is 45.1 Å². The molecular formula is C16H27NO. The van der Waals surface area contributed by atoms with Crippen LogP contribution in [0.5, 0.6) is 5.75 Å². The van der Waals surface area contributed by atoms with Crippen molar-refractivity contribution in [3.63, 3.8) is 0 Å². The van der Waals surface area contributed by atoms with Crippen LogP contribution >= 0.6 is 0 Å². The van der Waals surface area contributed by atoms with Crippen molar-refractivity contribution in [3.05, 3.63) is 24.3 Å². The maximum Gasteiger partial charge on any atom is 0.119 e. The Labute approximate surface area is 112 Å². The standard InChI is InChI=1S/C16H27NO/c1-12(2)10-15(11-13(3)4)17-14-6-8-16(18-5)9-7-14/h6-9,12-13,15,17H,10-11H2,1-5H3. The van der Waals surface area contributed by atoms with E-state index in [4.69, 9.17) is 4.74 Å². The molecule has 2 nitrogen and oxygen atoms in total. The van der Waals surface area contributed by atoms with E-state index < -0.39 is 0 Å². The van der Waals surface area contributed by atoms with E-state index in [-0.39, 0.29) is 0 Å². The van der Waals surface area contributed by atoms with E-state index in [1.54, 1.807) is 7.11 Å². The minimum absolute atomic E-state index is 0.554. The van der Waals surface area contributed by atoms with Gasteiger partial charge in [0.25, 0.3) is 0 Å². The van der Waals surface area contributed by atoms with Gasteiger partial charge in [-0.3, -0.25) is 0 Å². The van der Waals surface area contributed by atoms with Gasteiger partial charge in [0.2, 0.25) is 0 Å². The van der Waals surface area contributed by atoms with Gasteiger partial charge in [-0.2, -0.15) is 0 Å². The Kier molecular flexibility index (Phi) is 6.03. The lowest BCUT2D eigenvalue weighted by Crippen LogP contribution is -2.23. The molecule has 0 bridgehead atoms. The van der Waals surface area contributed by atoms with Crippen molar-refractivity contribution in [1.82, 2.24) is 0 Å². The van der Waals surface area contributed by atoms with Crippen molar-refractivity contribution in [2.45, 2.75) is 46.6 Å². The average molecular weight is 249 g/mol. The minimum Gasteiger partial charge on any atom is -0.497 e. The van der Waals surface area contributed by atoms with Crippen molar-refractivity contribution in [2.75, 3.05) is 12.4 Å². The molecule has 0 amide bonds. The number of benzene rings is 1. The lowest BCUT2D eigenvalue weighted by Gasteiger charge is -2.23. The topological polar surface area (TPSA) is 21.3 Å². The van der Waals surface area contributed by atoms with Gasteiger partial charge in [-0.15, -0.1) is 0 Å². The largest absolute Gasteiger partial charge is 0.497 e. The summed E-state index contributed by atoms with van der Waals surface area (Å²) in [6.07, 6.45) is 2.43. The molecule has 0 saturated carbocycles. The van der Waals surface area contributed by atoms with Crippen LogP contribution in [-0.2, 0) is 0 Å². The highest BCUT2D eigenvalue weighted by molar-refractivity contribution is 5.47. The summed E-state index contributed by atoms with van der Waals surface area (Å²) >= 11 is 0. The number of nitrogens with one attached hydrogen (secondary N) is 1. The quantitative estimate of drug-likeness (QED) is 0.764. The van der Waals surface area contributed by atoms with Crippen LogP contribution in [0.25, 0.3) is 0 Å². The van der Waals surface area contributed by atoms with Crippen LogP contribution in [0.1, 0.15) is 40.5 Å². The SMILES string of the molecule is COc1ccc(NC(CC(C)C)CC(C)C)cc1. The summed E-state index contributed by atoms with van der Waals surface area (Å²) in [5.41, 5.74) is 1.18. The Hall–Kier alpha value is -1.18. The zero-order valence-corrected chi connectivity index (χ0v) is 12.4. The molecule has 1 rings (SSSR count). The smallest absolute Gasteiger partial charge is 0.119 e. The number of rotatable bonds is 7. The van der Waals surface area contributed by atoms with E-state index >= 15 is 0 Å². The minimum atomic E-state index is 0.554. The summed E-state index contributed by atoms with van der Waals surface area (Å²) < 4.78 is 5.18. The highest BCUT2D eigenvalue weighted by Gasteiger charge is 2.12. The van der Waals surface area contributed by atoms with E-state index in [9.17, 15) is 0 Å². The lowest BCUT2D eigenvalue weighted by molar-refractivity contribution is 0.414. The van der Waals surface area contributed by atoms with E-state index in [0.29, 0.717) is 6.04 Å². The van der Waals surface area contributed by atoms with Gasteiger partial charge in [-0.25, -0.2) is 0 Å². The second kappa shape index (κ2) is 7.30. The van der Waals surface area contributed by atoms with Crippen LogP contribution in [0, 0.1) is 11.8 Å². The summed E-state index contributed by atoms with van der Waals surface area (Å²) in [5.74, 6) is 2.35. The number of methoxy groups -OCH3 is 1. The predicted octanol–water partition coefficient (Wildman–Crippen LogP) is 4.57. The maximum absolute atomic E-state index is 5.18. The van der Waals surface area contributed by atoms with Gasteiger partial charge in [-0.05, 0) is 48.9 Å². The van der Waals surface area contributed by atoms with Crippen molar-refractivity contribution in [1.29, 1.82) is 0 Å². The predicted molar refractivity (Wildman–Crippen MR) is 79.3 cm³/mol. The van der Waals surface area contributed by atoms with Crippen LogP contribution < -0.4 is 10.1 Å². The Morgan fingerprint density at radius 1 is 0.944 bits per heavy atom. The molecular weight excluding hydrogens is 222 g/mol. The first-order valence-electron chi connectivity index (χ1n) is 6.91. The van der Waals surface area contributed by atoms with Crippen molar-refractivity contribution < 1.29 is 4.74 Å². The maximum atomic E-state index is 5.18. The number of hydrogen-bond donors (Lipinski definition) is 1. The molecule has 0 aliphatic rings. The van der Waals surface area contributed by atoms with Gasteiger partial charge >= 0.3 is 0 Å². The van der Waals surface area contributed by atoms with E-state index in [1.165, 1.54) is 18.5 Å². The first-order valence-corrected chi connectivity index (χ1v) is 6.91. The Bertz CT molecular complexity index is 319. The number of hydrogen-bond acceptors (Lipinski definition) is 2. The first kappa shape index (κ1) is 14.9. The molecule has 0 fully saturated rings. The molecule has 0 spiro atoms. The lowest BCUT2D eigenvalue weighted by atomic mass is 9.95. The zero-order valence-electron chi connectivity index (χ0n) is 12.4. The van der Waals surface area contributed by atoms with Crippen LogP contribution in [0.15, 0.2) is 24.3 Å². The van der Waals surface area contributed by atoms with Crippen molar-refractivity contribution in [2.24, 2.45) is 11.8 Å². The molecule has 18 heavy (non-hydrogen) atoms. The van der Waals surface area contributed by atoms with Crippen LogP contribution in [0.4, 0.5) is 5.69 Å². The van der Waals surface area contributed by atoms with Gasteiger partial charge in [0.15, 0.2) is 0 Å². The molecule has 2 heteroatoms. The van der Waals surface area contributed by atoms with E-state index in [1.807, 2.05) is 12.1 Å². The first-order chi connectivity index (χ1) is 8.51. The monoisotopic (exact) mass is 249 g/mol. The van der Waals surface area contributed by atoms with Crippen LogP contribution in [0.3, 0.4) is 0 Å². The zero-order chi connectivity index (χ0) is 13.5. The second-order valence-corrected chi connectivity index (χ2v) is 5.83. The highest BCUT2D eigenvalue weighted by Crippen LogP contribution is 2.20. The van der Waals surface area contributed by atoms with Gasteiger partial charge in [0.05, 0.1) is 7.11 Å². The molecule has 0 aromatic heterocycles. The fraction of sp³-hybridized carbons (Fsp3) is 0.625. The van der Waals surface area contributed by atoms with E-state index in [0.717, 1.165) is 17.6 Å². The molecule has 0 heterocycles. The highest BCUT2D eigenvalue weighted by atomic mass is 16.5. The Balaban J connectivity index is 2.62. The third-order valence-electron chi connectivity index (χ3n) is 2.97. The molecule has 0 radical (unpaired) electrons. The van der Waals surface area contributed by atoms with Crippen molar-refractivity contribution in [3.8, 4) is 5.75 Å². The summed E-state index contributed by atoms with van der Waals surface area (Å²) in [7, 11) is 1.70. The fourth-order valence-corrected chi connectivity index (χ4v) is 2.28. The molecule has 1 aromatic rings. The summed E-state index contributed by atoms with van der Waals surface area (Å²) in [6.45, 7) is 9.12. The molecule has 0 aliphatic heterocycles. The van der Waals surface area contributed by atoms with Gasteiger partial charge in [0.1, 0.15) is 5.75 Å². The normalized spacial score (nSPS) is 11.3. The number of ether oxygens (including phenoxy) is 1. The molecule has 0 atom stereocenters. The van der Waals surface area contributed by atoms with Gasteiger partial charge in [0, 0.05) is 11.7 Å². The molecule has 1 N–H and O–H groups in total. The summed E-state index contributed by atoms with van der Waals surface area (Å²) in [6, 6.07) is 8.74. The molecule has 0 aliphatic carbocycles.